The molecule has 0 spiro atoms. The van der Waals surface area contributed by atoms with E-state index < -0.39 is 0 Å². The average Bonchev–Trinajstić information content (AvgIpc) is 2.47. The molecule has 1 saturated carbocycles. The Bertz CT molecular complexity index is 211. The average molecular weight is 268 g/mol. The van der Waals surface area contributed by atoms with Crippen molar-refractivity contribution in [3.05, 3.63) is 0 Å². The molecule has 19 heavy (non-hydrogen) atoms. The zero-order valence-electron chi connectivity index (χ0n) is 13.8. The van der Waals surface area contributed by atoms with Gasteiger partial charge in [-0.2, -0.15) is 0 Å². The van der Waals surface area contributed by atoms with E-state index in [1.807, 2.05) is 0 Å². The van der Waals surface area contributed by atoms with Crippen molar-refractivity contribution in [2.75, 3.05) is 19.6 Å². The summed E-state index contributed by atoms with van der Waals surface area (Å²) in [6.45, 7) is 12.9. The molecular formula is C17H36N2. The zero-order chi connectivity index (χ0) is 14.1. The van der Waals surface area contributed by atoms with E-state index in [4.69, 9.17) is 0 Å². The molecule has 0 aromatic carbocycles. The normalized spacial score (nSPS) is 20.7. The molecule has 1 aliphatic carbocycles. The fourth-order valence-electron chi connectivity index (χ4n) is 3.30. The molecule has 0 amide bonds. The molecule has 0 aliphatic heterocycles. The summed E-state index contributed by atoms with van der Waals surface area (Å²) in [5.41, 5.74) is 0. The van der Waals surface area contributed by atoms with Crippen molar-refractivity contribution < 1.29 is 0 Å². The lowest BCUT2D eigenvalue weighted by Crippen LogP contribution is -2.48. The fourth-order valence-corrected chi connectivity index (χ4v) is 3.30. The van der Waals surface area contributed by atoms with Crippen LogP contribution in [0.2, 0.25) is 0 Å². The molecule has 0 radical (unpaired) electrons. The molecule has 1 aliphatic rings. The van der Waals surface area contributed by atoms with E-state index in [2.05, 4.69) is 37.9 Å². The van der Waals surface area contributed by atoms with Crippen molar-refractivity contribution in [2.45, 2.75) is 84.7 Å². The topological polar surface area (TPSA) is 15.3 Å². The minimum absolute atomic E-state index is 0.673. The van der Waals surface area contributed by atoms with Gasteiger partial charge in [-0.25, -0.2) is 0 Å². The van der Waals surface area contributed by atoms with E-state index in [0.717, 1.165) is 18.5 Å². The standard InChI is InChI=1S/C17H36N2/c1-5-13-18-17(15(4)6-2)14-19(7-3)16-11-9-8-10-12-16/h15-18H,5-14H2,1-4H3. The summed E-state index contributed by atoms with van der Waals surface area (Å²) in [5, 5.41) is 3.78. The van der Waals surface area contributed by atoms with Crippen LogP contribution in [0, 0.1) is 5.92 Å². The molecule has 1 rings (SSSR count). The second kappa shape index (κ2) is 9.77. The van der Waals surface area contributed by atoms with Crippen LogP contribution in [0.5, 0.6) is 0 Å². The largest absolute Gasteiger partial charge is 0.312 e. The Morgan fingerprint density at radius 1 is 1.11 bits per heavy atom. The van der Waals surface area contributed by atoms with Gasteiger partial charge in [-0.05, 0) is 38.3 Å². The quantitative estimate of drug-likeness (QED) is 0.678. The molecule has 2 heteroatoms. The van der Waals surface area contributed by atoms with E-state index in [1.165, 1.54) is 58.0 Å². The van der Waals surface area contributed by atoms with Crippen molar-refractivity contribution in [2.24, 2.45) is 5.92 Å². The maximum Gasteiger partial charge on any atom is 0.0220 e. The summed E-state index contributed by atoms with van der Waals surface area (Å²) >= 11 is 0. The first kappa shape index (κ1) is 17.0. The smallest absolute Gasteiger partial charge is 0.0220 e. The van der Waals surface area contributed by atoms with Crippen LogP contribution in [0.1, 0.15) is 72.6 Å². The summed E-state index contributed by atoms with van der Waals surface area (Å²) in [5.74, 6) is 0.782. The molecule has 0 aromatic rings. The van der Waals surface area contributed by atoms with Crippen molar-refractivity contribution in [3.63, 3.8) is 0 Å². The highest BCUT2D eigenvalue weighted by Gasteiger charge is 2.24. The molecular weight excluding hydrogens is 232 g/mol. The predicted octanol–water partition coefficient (Wildman–Crippen LogP) is 4.06. The summed E-state index contributed by atoms with van der Waals surface area (Å²) in [7, 11) is 0. The summed E-state index contributed by atoms with van der Waals surface area (Å²) in [6, 6.07) is 1.53. The molecule has 114 valence electrons. The van der Waals surface area contributed by atoms with Gasteiger partial charge < -0.3 is 5.32 Å². The van der Waals surface area contributed by atoms with Crippen LogP contribution in [0.3, 0.4) is 0 Å². The number of likely N-dealkylation sites (N-methyl/N-ethyl adjacent to an activating group) is 1. The Labute approximate surface area is 121 Å². The molecule has 1 N–H and O–H groups in total. The van der Waals surface area contributed by atoms with Crippen molar-refractivity contribution in [3.8, 4) is 0 Å². The number of nitrogens with zero attached hydrogens (tertiary/aromatic N) is 1. The van der Waals surface area contributed by atoms with Gasteiger partial charge in [0.25, 0.3) is 0 Å². The van der Waals surface area contributed by atoms with Crippen molar-refractivity contribution >= 4 is 0 Å². The van der Waals surface area contributed by atoms with E-state index in [9.17, 15) is 0 Å². The van der Waals surface area contributed by atoms with Gasteiger partial charge in [0, 0.05) is 18.6 Å². The predicted molar refractivity (Wildman–Crippen MR) is 85.7 cm³/mol. The first-order valence-electron chi connectivity index (χ1n) is 8.70. The Kier molecular flexibility index (Phi) is 8.72. The van der Waals surface area contributed by atoms with Gasteiger partial charge in [0.1, 0.15) is 0 Å². The van der Waals surface area contributed by atoms with E-state index >= 15 is 0 Å². The highest BCUT2D eigenvalue weighted by atomic mass is 15.2. The molecule has 0 bridgehead atoms. The Hall–Kier alpha value is -0.0800. The minimum Gasteiger partial charge on any atom is -0.312 e. The third kappa shape index (κ3) is 5.83. The molecule has 0 aromatic heterocycles. The van der Waals surface area contributed by atoms with Gasteiger partial charge in [0.05, 0.1) is 0 Å². The van der Waals surface area contributed by atoms with Gasteiger partial charge in [-0.1, -0.05) is 53.4 Å². The number of hydrogen-bond acceptors (Lipinski definition) is 2. The van der Waals surface area contributed by atoms with Crippen LogP contribution in [0.25, 0.3) is 0 Å². The van der Waals surface area contributed by atoms with Crippen molar-refractivity contribution in [1.29, 1.82) is 0 Å². The Morgan fingerprint density at radius 2 is 1.79 bits per heavy atom. The van der Waals surface area contributed by atoms with Crippen LogP contribution < -0.4 is 5.32 Å². The van der Waals surface area contributed by atoms with Gasteiger partial charge in [0.15, 0.2) is 0 Å². The molecule has 0 heterocycles. The Balaban J connectivity index is 2.52. The second-order valence-electron chi connectivity index (χ2n) is 6.33. The molecule has 2 unspecified atom stereocenters. The van der Waals surface area contributed by atoms with Crippen LogP contribution in [-0.4, -0.2) is 36.6 Å². The second-order valence-corrected chi connectivity index (χ2v) is 6.33. The van der Waals surface area contributed by atoms with Gasteiger partial charge in [-0.3, -0.25) is 4.90 Å². The highest BCUT2D eigenvalue weighted by Crippen LogP contribution is 2.23. The fraction of sp³-hybridized carbons (Fsp3) is 1.00. The van der Waals surface area contributed by atoms with Gasteiger partial charge in [-0.15, -0.1) is 0 Å². The first-order valence-corrected chi connectivity index (χ1v) is 8.70. The minimum atomic E-state index is 0.673. The number of hydrogen-bond donors (Lipinski definition) is 1. The third-order valence-corrected chi connectivity index (χ3v) is 4.92. The monoisotopic (exact) mass is 268 g/mol. The van der Waals surface area contributed by atoms with E-state index in [1.54, 1.807) is 0 Å². The van der Waals surface area contributed by atoms with E-state index in [0.29, 0.717) is 6.04 Å². The SMILES string of the molecule is CCCNC(CN(CC)C1CCCCC1)C(C)CC. The number of rotatable bonds is 9. The molecule has 0 saturated heterocycles. The van der Waals surface area contributed by atoms with Crippen molar-refractivity contribution in [1.82, 2.24) is 10.2 Å². The molecule has 1 fully saturated rings. The van der Waals surface area contributed by atoms with Crippen LogP contribution in [0.15, 0.2) is 0 Å². The van der Waals surface area contributed by atoms with Gasteiger partial charge in [0.2, 0.25) is 0 Å². The summed E-state index contributed by atoms with van der Waals surface area (Å²) in [4.78, 5) is 2.75. The maximum absolute atomic E-state index is 3.78. The number of nitrogens with one attached hydrogen (secondary N) is 1. The lowest BCUT2D eigenvalue weighted by Gasteiger charge is -2.37. The lowest BCUT2D eigenvalue weighted by molar-refractivity contribution is 0.134. The van der Waals surface area contributed by atoms with Crippen LogP contribution in [0.4, 0.5) is 0 Å². The van der Waals surface area contributed by atoms with E-state index in [-0.39, 0.29) is 0 Å². The highest BCUT2D eigenvalue weighted by molar-refractivity contribution is 4.82. The van der Waals surface area contributed by atoms with Gasteiger partial charge >= 0.3 is 0 Å². The molecule has 2 atom stereocenters. The Morgan fingerprint density at radius 3 is 2.32 bits per heavy atom. The van der Waals surface area contributed by atoms with Crippen LogP contribution in [-0.2, 0) is 0 Å². The summed E-state index contributed by atoms with van der Waals surface area (Å²) < 4.78 is 0. The zero-order valence-corrected chi connectivity index (χ0v) is 13.8. The van der Waals surface area contributed by atoms with Crippen LogP contribution >= 0.6 is 0 Å². The third-order valence-electron chi connectivity index (χ3n) is 4.92. The molecule has 2 nitrogen and oxygen atoms in total. The maximum atomic E-state index is 3.78. The lowest BCUT2D eigenvalue weighted by atomic mass is 9.92. The summed E-state index contributed by atoms with van der Waals surface area (Å²) in [6.07, 6.45) is 9.71. The first-order chi connectivity index (χ1) is 9.22.